The zero-order valence-electron chi connectivity index (χ0n) is 12.4. The maximum Gasteiger partial charge on any atom is 0.416 e. The maximum atomic E-state index is 12.7. The highest BCUT2D eigenvalue weighted by Gasteiger charge is 2.53. The Kier molecular flexibility index (Phi) is 3.91. The summed E-state index contributed by atoms with van der Waals surface area (Å²) in [4.78, 5) is 29.6. The zero-order chi connectivity index (χ0) is 16.7. The molecule has 2 amide bonds. The van der Waals surface area contributed by atoms with Crippen molar-refractivity contribution in [1.82, 2.24) is 5.06 Å². The van der Waals surface area contributed by atoms with Gasteiger partial charge in [0.1, 0.15) is 6.61 Å². The Labute approximate surface area is 131 Å². The van der Waals surface area contributed by atoms with E-state index in [9.17, 15) is 22.8 Å². The van der Waals surface area contributed by atoms with E-state index in [1.165, 1.54) is 12.1 Å². The van der Waals surface area contributed by atoms with Crippen LogP contribution >= 0.6 is 0 Å². The minimum absolute atomic E-state index is 0.133. The monoisotopic (exact) mass is 327 g/mol. The summed E-state index contributed by atoms with van der Waals surface area (Å²) < 4.78 is 38.0. The van der Waals surface area contributed by atoms with Crippen LogP contribution in [0, 0.1) is 5.41 Å². The number of amides is 2. The fourth-order valence-corrected chi connectivity index (χ4v) is 3.32. The Bertz CT molecular complexity index is 636. The highest BCUT2D eigenvalue weighted by molar-refractivity contribution is 6.04. The maximum absolute atomic E-state index is 12.7. The van der Waals surface area contributed by atoms with E-state index in [0.717, 1.165) is 30.0 Å². The SMILES string of the molecule is O=C1CC2(CCCC2)C(=O)N1OCc1cccc(C(F)(F)F)c1. The van der Waals surface area contributed by atoms with Crippen molar-refractivity contribution in [2.24, 2.45) is 5.41 Å². The van der Waals surface area contributed by atoms with E-state index in [0.29, 0.717) is 12.8 Å². The average molecular weight is 327 g/mol. The number of carbonyl (C=O) groups excluding carboxylic acids is 2. The standard InChI is InChI=1S/C16H16F3NO3/c17-16(18,19)12-5-3-4-11(8-12)10-23-20-13(21)9-15(14(20)22)6-1-2-7-15/h3-5,8H,1-2,6-7,9-10H2. The molecule has 0 unspecified atom stereocenters. The average Bonchev–Trinajstić information content (AvgIpc) is 3.04. The number of hydroxylamine groups is 2. The molecule has 0 N–H and O–H groups in total. The quantitative estimate of drug-likeness (QED) is 0.799. The van der Waals surface area contributed by atoms with Crippen molar-refractivity contribution >= 4 is 11.8 Å². The fraction of sp³-hybridized carbons (Fsp3) is 0.500. The number of hydrogen-bond acceptors (Lipinski definition) is 3. The van der Waals surface area contributed by atoms with Gasteiger partial charge in [-0.2, -0.15) is 18.2 Å². The highest BCUT2D eigenvalue weighted by Crippen LogP contribution is 2.47. The number of alkyl halides is 3. The molecular formula is C16H16F3NO3. The molecule has 1 spiro atoms. The van der Waals surface area contributed by atoms with Gasteiger partial charge < -0.3 is 0 Å². The smallest absolute Gasteiger partial charge is 0.272 e. The number of carbonyl (C=O) groups is 2. The Morgan fingerprint density at radius 2 is 1.87 bits per heavy atom. The predicted molar refractivity (Wildman–Crippen MR) is 73.6 cm³/mol. The second-order valence-corrected chi connectivity index (χ2v) is 6.13. The lowest BCUT2D eigenvalue weighted by Crippen LogP contribution is -2.34. The lowest BCUT2D eigenvalue weighted by molar-refractivity contribution is -0.194. The lowest BCUT2D eigenvalue weighted by atomic mass is 9.85. The molecule has 124 valence electrons. The van der Waals surface area contributed by atoms with Crippen molar-refractivity contribution in [2.75, 3.05) is 0 Å². The second-order valence-electron chi connectivity index (χ2n) is 6.13. The van der Waals surface area contributed by atoms with E-state index in [-0.39, 0.29) is 24.5 Å². The minimum atomic E-state index is -4.44. The second kappa shape index (κ2) is 5.63. The molecule has 1 aliphatic carbocycles. The summed E-state index contributed by atoms with van der Waals surface area (Å²) in [5, 5.41) is 0.742. The summed E-state index contributed by atoms with van der Waals surface area (Å²) >= 11 is 0. The first kappa shape index (κ1) is 16.0. The zero-order valence-corrected chi connectivity index (χ0v) is 12.4. The molecule has 0 bridgehead atoms. The van der Waals surface area contributed by atoms with Gasteiger partial charge in [-0.25, -0.2) is 0 Å². The van der Waals surface area contributed by atoms with Crippen molar-refractivity contribution in [3.05, 3.63) is 35.4 Å². The van der Waals surface area contributed by atoms with Gasteiger partial charge in [-0.05, 0) is 30.5 Å². The summed E-state index contributed by atoms with van der Waals surface area (Å²) in [5.74, 6) is -0.768. The molecule has 1 aromatic carbocycles. The first-order valence-corrected chi connectivity index (χ1v) is 7.48. The number of nitrogens with zero attached hydrogens (tertiary/aromatic N) is 1. The van der Waals surface area contributed by atoms with Crippen LogP contribution in [0.25, 0.3) is 0 Å². The molecule has 2 fully saturated rings. The van der Waals surface area contributed by atoms with Gasteiger partial charge in [0, 0.05) is 6.42 Å². The summed E-state index contributed by atoms with van der Waals surface area (Å²) in [5.41, 5.74) is -1.18. The van der Waals surface area contributed by atoms with Crippen molar-refractivity contribution in [1.29, 1.82) is 0 Å². The van der Waals surface area contributed by atoms with Gasteiger partial charge in [-0.1, -0.05) is 25.0 Å². The molecule has 23 heavy (non-hydrogen) atoms. The lowest BCUT2D eigenvalue weighted by Gasteiger charge is -2.20. The number of imide groups is 1. The van der Waals surface area contributed by atoms with Crippen LogP contribution in [0.4, 0.5) is 13.2 Å². The minimum Gasteiger partial charge on any atom is -0.272 e. The van der Waals surface area contributed by atoms with Gasteiger partial charge in [0.15, 0.2) is 0 Å². The van der Waals surface area contributed by atoms with E-state index in [1.807, 2.05) is 0 Å². The van der Waals surface area contributed by atoms with E-state index >= 15 is 0 Å². The topological polar surface area (TPSA) is 46.6 Å². The molecule has 1 aliphatic heterocycles. The number of halogens is 3. The van der Waals surface area contributed by atoms with E-state index in [2.05, 4.69) is 0 Å². The predicted octanol–water partition coefficient (Wildman–Crippen LogP) is 3.46. The molecule has 1 aromatic rings. The molecule has 2 aliphatic rings. The molecule has 0 radical (unpaired) electrons. The van der Waals surface area contributed by atoms with Gasteiger partial charge in [0.2, 0.25) is 0 Å². The van der Waals surface area contributed by atoms with E-state index in [4.69, 9.17) is 4.84 Å². The molecule has 1 saturated heterocycles. The van der Waals surface area contributed by atoms with Gasteiger partial charge in [-0.15, -0.1) is 0 Å². The van der Waals surface area contributed by atoms with Crippen LogP contribution in [-0.4, -0.2) is 16.9 Å². The summed E-state index contributed by atoms with van der Waals surface area (Å²) in [7, 11) is 0. The molecule has 0 atom stereocenters. The molecule has 0 aromatic heterocycles. The molecule has 3 rings (SSSR count). The largest absolute Gasteiger partial charge is 0.416 e. The van der Waals surface area contributed by atoms with Gasteiger partial charge in [0.25, 0.3) is 11.8 Å². The Balaban J connectivity index is 1.69. The van der Waals surface area contributed by atoms with Crippen LogP contribution in [0.15, 0.2) is 24.3 Å². The third-order valence-corrected chi connectivity index (χ3v) is 4.53. The fourth-order valence-electron chi connectivity index (χ4n) is 3.32. The van der Waals surface area contributed by atoms with Crippen molar-refractivity contribution in [3.63, 3.8) is 0 Å². The molecular weight excluding hydrogens is 311 g/mol. The van der Waals surface area contributed by atoms with Crippen LogP contribution in [0.1, 0.15) is 43.2 Å². The van der Waals surface area contributed by atoms with Crippen LogP contribution in [0.5, 0.6) is 0 Å². The van der Waals surface area contributed by atoms with Crippen molar-refractivity contribution in [3.8, 4) is 0 Å². The first-order valence-electron chi connectivity index (χ1n) is 7.48. The molecule has 7 heteroatoms. The normalized spacial score (nSPS) is 20.7. The van der Waals surface area contributed by atoms with E-state index < -0.39 is 23.1 Å². The van der Waals surface area contributed by atoms with Gasteiger partial charge in [-0.3, -0.25) is 14.4 Å². The first-order chi connectivity index (χ1) is 10.8. The van der Waals surface area contributed by atoms with Crippen LogP contribution in [-0.2, 0) is 27.2 Å². The number of benzene rings is 1. The Hall–Kier alpha value is -1.89. The van der Waals surface area contributed by atoms with E-state index in [1.54, 1.807) is 0 Å². The number of rotatable bonds is 3. The van der Waals surface area contributed by atoms with Crippen LogP contribution in [0.3, 0.4) is 0 Å². The van der Waals surface area contributed by atoms with Crippen LogP contribution in [0.2, 0.25) is 0 Å². The third kappa shape index (κ3) is 2.97. The molecule has 1 heterocycles. The highest BCUT2D eigenvalue weighted by atomic mass is 19.4. The Morgan fingerprint density at radius 3 is 2.52 bits per heavy atom. The van der Waals surface area contributed by atoms with Gasteiger partial charge in [0.05, 0.1) is 11.0 Å². The van der Waals surface area contributed by atoms with Crippen LogP contribution < -0.4 is 0 Å². The van der Waals surface area contributed by atoms with Crippen molar-refractivity contribution < 1.29 is 27.6 Å². The Morgan fingerprint density at radius 1 is 1.17 bits per heavy atom. The van der Waals surface area contributed by atoms with Gasteiger partial charge >= 0.3 is 6.18 Å². The summed E-state index contributed by atoms with van der Waals surface area (Å²) in [6.07, 6.45) is -1.17. The molecule has 4 nitrogen and oxygen atoms in total. The molecule has 1 saturated carbocycles. The van der Waals surface area contributed by atoms with Crippen molar-refractivity contribution in [2.45, 2.75) is 44.9 Å². The summed E-state index contributed by atoms with van der Waals surface area (Å²) in [6, 6.07) is 4.65. The number of hydrogen-bond donors (Lipinski definition) is 0. The summed E-state index contributed by atoms with van der Waals surface area (Å²) in [6.45, 7) is -0.253. The third-order valence-electron chi connectivity index (χ3n) is 4.53.